The Bertz CT molecular complexity index is 1020. The largest absolute Gasteiger partial charge is 0.493 e. The van der Waals surface area contributed by atoms with Crippen molar-refractivity contribution in [2.45, 2.75) is 18.5 Å². The summed E-state index contributed by atoms with van der Waals surface area (Å²) in [7, 11) is 3.22. The first kappa shape index (κ1) is 18.7. The molecule has 1 aromatic heterocycles. The van der Waals surface area contributed by atoms with Gasteiger partial charge in [0.05, 0.1) is 26.3 Å². The SMILES string of the molecule is COc1ccc([C@@H]2C[C@@H](c3ccc(Cl)cc3Cl)Nc3nc(N)nn32)cc1OC. The highest BCUT2D eigenvalue weighted by molar-refractivity contribution is 6.35. The first-order chi connectivity index (χ1) is 13.5. The fourth-order valence-corrected chi connectivity index (χ4v) is 4.06. The summed E-state index contributed by atoms with van der Waals surface area (Å²) >= 11 is 12.5. The molecule has 0 radical (unpaired) electrons. The molecule has 0 amide bonds. The maximum absolute atomic E-state index is 6.45. The molecule has 0 saturated carbocycles. The van der Waals surface area contributed by atoms with Crippen molar-refractivity contribution in [1.29, 1.82) is 0 Å². The van der Waals surface area contributed by atoms with Gasteiger partial charge in [-0.05, 0) is 41.8 Å². The van der Waals surface area contributed by atoms with Crippen LogP contribution in [0.2, 0.25) is 10.0 Å². The molecule has 0 unspecified atom stereocenters. The molecule has 0 fully saturated rings. The van der Waals surface area contributed by atoms with Gasteiger partial charge >= 0.3 is 0 Å². The third-order valence-corrected chi connectivity index (χ3v) is 5.40. The standard InChI is InChI=1S/C19H19Cl2N5O2/c1-27-16-6-3-10(7-17(16)28-2)15-9-14(12-5-4-11(20)8-13(12)21)23-19-24-18(22)25-26(15)19/h3-8,14-15H,9H2,1-2H3,(H3,22,23,24,25)/t14-,15-/m0/s1. The lowest BCUT2D eigenvalue weighted by atomic mass is 9.93. The molecule has 7 nitrogen and oxygen atoms in total. The van der Waals surface area contributed by atoms with Gasteiger partial charge in [-0.2, -0.15) is 4.98 Å². The van der Waals surface area contributed by atoms with Gasteiger partial charge in [-0.15, -0.1) is 5.10 Å². The van der Waals surface area contributed by atoms with E-state index < -0.39 is 0 Å². The highest BCUT2D eigenvalue weighted by atomic mass is 35.5. The summed E-state index contributed by atoms with van der Waals surface area (Å²) in [5, 5.41) is 8.92. The van der Waals surface area contributed by atoms with E-state index in [2.05, 4.69) is 15.4 Å². The summed E-state index contributed by atoms with van der Waals surface area (Å²) in [6.07, 6.45) is 0.687. The lowest BCUT2D eigenvalue weighted by Crippen LogP contribution is -2.28. The topological polar surface area (TPSA) is 87.2 Å². The molecular formula is C19H19Cl2N5O2. The zero-order valence-electron chi connectivity index (χ0n) is 15.3. The Morgan fingerprint density at radius 1 is 1.11 bits per heavy atom. The number of halogens is 2. The van der Waals surface area contributed by atoms with Crippen molar-refractivity contribution < 1.29 is 9.47 Å². The Morgan fingerprint density at radius 2 is 1.89 bits per heavy atom. The number of methoxy groups -OCH3 is 2. The maximum Gasteiger partial charge on any atom is 0.241 e. The number of rotatable bonds is 4. The second-order valence-corrected chi connectivity index (χ2v) is 7.31. The molecule has 2 atom stereocenters. The predicted octanol–water partition coefficient (Wildman–Crippen LogP) is 4.33. The van der Waals surface area contributed by atoms with Gasteiger partial charge in [-0.1, -0.05) is 35.3 Å². The van der Waals surface area contributed by atoms with Gasteiger partial charge in [0.2, 0.25) is 11.9 Å². The smallest absolute Gasteiger partial charge is 0.241 e. The van der Waals surface area contributed by atoms with Crippen LogP contribution in [0, 0.1) is 0 Å². The fraction of sp³-hybridized carbons (Fsp3) is 0.263. The second-order valence-electron chi connectivity index (χ2n) is 6.47. The summed E-state index contributed by atoms with van der Waals surface area (Å²) in [5.74, 6) is 2.10. The molecule has 2 aromatic carbocycles. The van der Waals surface area contributed by atoms with Gasteiger partial charge in [-0.3, -0.25) is 0 Å². The summed E-state index contributed by atoms with van der Waals surface area (Å²) in [5.41, 5.74) is 7.80. The summed E-state index contributed by atoms with van der Waals surface area (Å²) in [6.45, 7) is 0. The van der Waals surface area contributed by atoms with E-state index in [-0.39, 0.29) is 18.0 Å². The molecule has 0 saturated heterocycles. The molecule has 1 aliphatic heterocycles. The molecule has 28 heavy (non-hydrogen) atoms. The molecule has 146 valence electrons. The van der Waals surface area contributed by atoms with E-state index in [9.17, 15) is 0 Å². The van der Waals surface area contributed by atoms with Crippen LogP contribution in [0.15, 0.2) is 36.4 Å². The Morgan fingerprint density at radius 3 is 2.61 bits per heavy atom. The minimum Gasteiger partial charge on any atom is -0.493 e. The van der Waals surface area contributed by atoms with Crippen molar-refractivity contribution in [1.82, 2.24) is 14.8 Å². The zero-order valence-corrected chi connectivity index (χ0v) is 16.8. The number of nitrogens with one attached hydrogen (secondary N) is 1. The van der Waals surface area contributed by atoms with Crippen molar-refractivity contribution in [3.8, 4) is 11.5 Å². The number of nitrogens with two attached hydrogens (primary N) is 1. The Kier molecular flexibility index (Phi) is 4.95. The first-order valence-electron chi connectivity index (χ1n) is 8.65. The fourth-order valence-electron chi connectivity index (χ4n) is 3.52. The minimum absolute atomic E-state index is 0.0843. The number of nitrogens with zero attached hydrogens (tertiary/aromatic N) is 3. The average Bonchev–Trinajstić information content (AvgIpc) is 3.06. The Labute approximate surface area is 172 Å². The van der Waals surface area contributed by atoms with E-state index in [1.54, 1.807) is 25.0 Å². The first-order valence-corrected chi connectivity index (χ1v) is 9.41. The van der Waals surface area contributed by atoms with Crippen LogP contribution in [-0.2, 0) is 0 Å². The van der Waals surface area contributed by atoms with E-state index in [4.69, 9.17) is 38.4 Å². The van der Waals surface area contributed by atoms with Gasteiger partial charge in [0.1, 0.15) is 0 Å². The van der Waals surface area contributed by atoms with E-state index in [1.807, 2.05) is 30.3 Å². The van der Waals surface area contributed by atoms with Crippen LogP contribution in [0.5, 0.6) is 11.5 Å². The van der Waals surface area contributed by atoms with Gasteiger partial charge in [0.15, 0.2) is 11.5 Å². The molecule has 0 bridgehead atoms. The number of nitrogen functional groups attached to an aromatic ring is 1. The third-order valence-electron chi connectivity index (χ3n) is 4.84. The van der Waals surface area contributed by atoms with Crippen LogP contribution in [0.4, 0.5) is 11.9 Å². The van der Waals surface area contributed by atoms with Crippen LogP contribution in [-0.4, -0.2) is 29.0 Å². The Hall–Kier alpha value is -2.64. The summed E-state index contributed by atoms with van der Waals surface area (Å²) in [4.78, 5) is 4.32. The second kappa shape index (κ2) is 7.41. The van der Waals surface area contributed by atoms with Crippen LogP contribution >= 0.6 is 23.2 Å². The number of hydrogen-bond acceptors (Lipinski definition) is 6. The molecule has 3 N–H and O–H groups in total. The van der Waals surface area contributed by atoms with E-state index >= 15 is 0 Å². The van der Waals surface area contributed by atoms with E-state index in [0.29, 0.717) is 33.9 Å². The van der Waals surface area contributed by atoms with Crippen LogP contribution < -0.4 is 20.5 Å². The van der Waals surface area contributed by atoms with Crippen molar-refractivity contribution >= 4 is 35.1 Å². The Balaban J connectivity index is 1.77. The van der Waals surface area contributed by atoms with Crippen LogP contribution in [0.25, 0.3) is 0 Å². The molecular weight excluding hydrogens is 401 g/mol. The average molecular weight is 420 g/mol. The number of benzene rings is 2. The van der Waals surface area contributed by atoms with Gasteiger partial charge in [0, 0.05) is 10.0 Å². The normalized spacial score (nSPS) is 18.3. The van der Waals surface area contributed by atoms with E-state index in [0.717, 1.165) is 11.1 Å². The van der Waals surface area contributed by atoms with Gasteiger partial charge in [-0.25, -0.2) is 4.68 Å². The van der Waals surface area contributed by atoms with Crippen molar-refractivity contribution in [2.75, 3.05) is 25.3 Å². The molecule has 9 heteroatoms. The zero-order chi connectivity index (χ0) is 19.8. The highest BCUT2D eigenvalue weighted by Crippen LogP contribution is 2.42. The summed E-state index contributed by atoms with van der Waals surface area (Å²) < 4.78 is 12.6. The lowest BCUT2D eigenvalue weighted by molar-refractivity contribution is 0.352. The number of hydrogen-bond donors (Lipinski definition) is 2. The van der Waals surface area contributed by atoms with Crippen molar-refractivity contribution in [3.63, 3.8) is 0 Å². The maximum atomic E-state index is 6.45. The van der Waals surface area contributed by atoms with Crippen molar-refractivity contribution in [2.24, 2.45) is 0 Å². The number of aromatic nitrogens is 3. The highest BCUT2D eigenvalue weighted by Gasteiger charge is 2.32. The van der Waals surface area contributed by atoms with Crippen LogP contribution in [0.3, 0.4) is 0 Å². The van der Waals surface area contributed by atoms with Crippen LogP contribution in [0.1, 0.15) is 29.6 Å². The lowest BCUT2D eigenvalue weighted by Gasteiger charge is -2.32. The predicted molar refractivity (Wildman–Crippen MR) is 110 cm³/mol. The monoisotopic (exact) mass is 419 g/mol. The molecule has 3 aromatic rings. The quantitative estimate of drug-likeness (QED) is 0.654. The summed E-state index contributed by atoms with van der Waals surface area (Å²) in [6, 6.07) is 11.1. The molecule has 4 rings (SSSR count). The van der Waals surface area contributed by atoms with Gasteiger partial charge in [0.25, 0.3) is 0 Å². The molecule has 2 heterocycles. The molecule has 0 aliphatic carbocycles. The van der Waals surface area contributed by atoms with Crippen molar-refractivity contribution in [3.05, 3.63) is 57.6 Å². The van der Waals surface area contributed by atoms with Gasteiger partial charge < -0.3 is 20.5 Å². The van der Waals surface area contributed by atoms with E-state index in [1.165, 1.54) is 0 Å². The number of fused-ring (bicyclic) bond motifs is 1. The minimum atomic E-state index is -0.113. The third kappa shape index (κ3) is 3.31. The molecule has 0 spiro atoms. The number of ether oxygens (including phenoxy) is 2. The number of anilines is 2. The molecule has 1 aliphatic rings.